The molecule has 1 N–H and O–H groups in total. The van der Waals surface area contributed by atoms with Crippen molar-refractivity contribution in [3.8, 4) is 10.8 Å². The van der Waals surface area contributed by atoms with Gasteiger partial charge in [0.15, 0.2) is 10.8 Å². The van der Waals surface area contributed by atoms with Crippen LogP contribution in [0.25, 0.3) is 21.0 Å². The van der Waals surface area contributed by atoms with Crippen molar-refractivity contribution in [2.75, 3.05) is 5.75 Å². The molecule has 0 unspecified atom stereocenters. The second-order valence-corrected chi connectivity index (χ2v) is 7.74. The predicted molar refractivity (Wildman–Crippen MR) is 86.0 cm³/mol. The van der Waals surface area contributed by atoms with E-state index in [4.69, 9.17) is 0 Å². The fourth-order valence-corrected chi connectivity index (χ4v) is 5.49. The maximum Gasteiger partial charge on any atom is 0.260 e. The van der Waals surface area contributed by atoms with E-state index in [9.17, 15) is 4.79 Å². The van der Waals surface area contributed by atoms with Gasteiger partial charge in [-0.3, -0.25) is 4.79 Å². The molecule has 0 saturated heterocycles. The molecule has 3 aromatic heterocycles. The number of hydrogen-bond acceptors (Lipinski definition) is 6. The molecule has 1 aliphatic rings. The zero-order valence-corrected chi connectivity index (χ0v) is 13.2. The Hall–Kier alpha value is -1.18. The third kappa shape index (κ3) is 1.92. The fourth-order valence-electron chi connectivity index (χ4n) is 2.39. The van der Waals surface area contributed by atoms with Crippen LogP contribution in [0.15, 0.2) is 10.2 Å². The topological polar surface area (TPSA) is 58.6 Å². The molecular weight excluding hydrogens is 310 g/mol. The Balaban J connectivity index is 1.97. The molecule has 0 bridgehead atoms. The number of H-pyrrole nitrogens is 1. The highest BCUT2D eigenvalue weighted by Gasteiger charge is 2.20. The van der Waals surface area contributed by atoms with Crippen molar-refractivity contribution >= 4 is 44.7 Å². The molecule has 0 aromatic carbocycles. The first kappa shape index (κ1) is 12.6. The van der Waals surface area contributed by atoms with Crippen molar-refractivity contribution in [1.82, 2.24) is 15.0 Å². The number of rotatable bonds is 1. The third-order valence-electron chi connectivity index (χ3n) is 3.30. The van der Waals surface area contributed by atoms with Crippen molar-refractivity contribution in [3.05, 3.63) is 31.9 Å². The van der Waals surface area contributed by atoms with Crippen LogP contribution in [0.5, 0.6) is 0 Å². The minimum Gasteiger partial charge on any atom is -0.304 e. The quantitative estimate of drug-likeness (QED) is 0.748. The summed E-state index contributed by atoms with van der Waals surface area (Å²) in [5.74, 6) is 2.68. The molecule has 20 heavy (non-hydrogen) atoms. The van der Waals surface area contributed by atoms with Gasteiger partial charge in [0.05, 0.1) is 5.39 Å². The lowest BCUT2D eigenvalue weighted by Gasteiger charge is -2.09. The van der Waals surface area contributed by atoms with Crippen molar-refractivity contribution in [2.24, 2.45) is 0 Å². The SMILES string of the molecule is Cc1csc(-c2nc3sc4c(c3c(=O)[nH]2)CCSC4)n1. The maximum absolute atomic E-state index is 12.4. The monoisotopic (exact) mass is 321 g/mol. The van der Waals surface area contributed by atoms with Gasteiger partial charge in [-0.2, -0.15) is 11.8 Å². The highest BCUT2D eigenvalue weighted by Crippen LogP contribution is 2.36. The third-order valence-corrected chi connectivity index (χ3v) is 6.56. The second-order valence-electron chi connectivity index (χ2n) is 4.70. The van der Waals surface area contributed by atoms with Crippen molar-refractivity contribution < 1.29 is 0 Å². The molecule has 1 aliphatic heterocycles. The van der Waals surface area contributed by atoms with Crippen molar-refractivity contribution in [3.63, 3.8) is 0 Å². The number of aromatic nitrogens is 3. The lowest BCUT2D eigenvalue weighted by molar-refractivity contribution is 1.11. The first-order valence-electron chi connectivity index (χ1n) is 6.27. The highest BCUT2D eigenvalue weighted by atomic mass is 32.2. The summed E-state index contributed by atoms with van der Waals surface area (Å²) < 4.78 is 0. The van der Waals surface area contributed by atoms with Gasteiger partial charge in [-0.1, -0.05) is 0 Å². The van der Waals surface area contributed by atoms with Crippen LogP contribution in [0.2, 0.25) is 0 Å². The van der Waals surface area contributed by atoms with Crippen molar-refractivity contribution in [2.45, 2.75) is 19.1 Å². The summed E-state index contributed by atoms with van der Waals surface area (Å²) in [6.45, 7) is 1.94. The summed E-state index contributed by atoms with van der Waals surface area (Å²) in [7, 11) is 0. The molecule has 0 atom stereocenters. The molecule has 4 rings (SSSR count). The van der Waals surface area contributed by atoms with E-state index in [1.165, 1.54) is 21.8 Å². The zero-order chi connectivity index (χ0) is 13.7. The van der Waals surface area contributed by atoms with Gasteiger partial charge in [0, 0.05) is 21.7 Å². The molecule has 4 heterocycles. The van der Waals surface area contributed by atoms with Gasteiger partial charge in [0.25, 0.3) is 5.56 Å². The first-order chi connectivity index (χ1) is 9.72. The molecule has 0 fully saturated rings. The maximum atomic E-state index is 12.4. The molecule has 0 radical (unpaired) electrons. The smallest absolute Gasteiger partial charge is 0.260 e. The Morgan fingerprint density at radius 2 is 2.25 bits per heavy atom. The van der Waals surface area contributed by atoms with Crippen LogP contribution in [-0.4, -0.2) is 20.7 Å². The molecule has 0 saturated carbocycles. The van der Waals surface area contributed by atoms with Crippen LogP contribution in [0.3, 0.4) is 0 Å². The number of nitrogens with zero attached hydrogens (tertiary/aromatic N) is 2. The summed E-state index contributed by atoms with van der Waals surface area (Å²) in [5, 5.41) is 3.54. The van der Waals surface area contributed by atoms with Crippen LogP contribution < -0.4 is 5.56 Å². The Kier molecular flexibility index (Phi) is 2.94. The van der Waals surface area contributed by atoms with Crippen molar-refractivity contribution in [1.29, 1.82) is 0 Å². The van der Waals surface area contributed by atoms with Gasteiger partial charge in [0.2, 0.25) is 0 Å². The van der Waals surface area contributed by atoms with E-state index >= 15 is 0 Å². The second kappa shape index (κ2) is 4.68. The van der Waals surface area contributed by atoms with Crippen LogP contribution >= 0.6 is 34.4 Å². The molecule has 7 heteroatoms. The number of hydrogen-bond donors (Lipinski definition) is 1. The van der Waals surface area contributed by atoms with Gasteiger partial charge in [-0.05, 0) is 24.7 Å². The summed E-state index contributed by atoms with van der Waals surface area (Å²) in [6, 6.07) is 0. The standard InChI is InChI=1S/C13H11N3OS3/c1-6-4-19-13(14-6)10-15-11(17)9-7-2-3-18-5-8(7)20-12(9)16-10/h4H,2-3,5H2,1H3,(H,15,16,17). The van der Waals surface area contributed by atoms with Gasteiger partial charge < -0.3 is 4.98 Å². The normalized spacial score (nSPS) is 14.7. The van der Waals surface area contributed by atoms with E-state index in [1.807, 2.05) is 24.1 Å². The number of thiazole rings is 1. The lowest BCUT2D eigenvalue weighted by atomic mass is 10.1. The lowest BCUT2D eigenvalue weighted by Crippen LogP contribution is -2.11. The number of nitrogens with one attached hydrogen (secondary N) is 1. The van der Waals surface area contributed by atoms with Crippen LogP contribution in [-0.2, 0) is 12.2 Å². The predicted octanol–water partition coefficient (Wildman–Crippen LogP) is 3.21. The number of thiophene rings is 1. The molecule has 3 aromatic rings. The van der Waals surface area contributed by atoms with Gasteiger partial charge >= 0.3 is 0 Å². The number of aromatic amines is 1. The van der Waals surface area contributed by atoms with E-state index in [1.54, 1.807) is 11.3 Å². The molecule has 0 amide bonds. The Labute approximate surface area is 127 Å². The van der Waals surface area contributed by atoms with E-state index in [2.05, 4.69) is 15.0 Å². The highest BCUT2D eigenvalue weighted by molar-refractivity contribution is 7.98. The Bertz CT molecular complexity index is 861. The Morgan fingerprint density at radius 3 is 3.05 bits per heavy atom. The van der Waals surface area contributed by atoms with Gasteiger partial charge in [0.1, 0.15) is 4.83 Å². The average molecular weight is 321 g/mol. The van der Waals surface area contributed by atoms with Crippen LogP contribution in [0.1, 0.15) is 16.1 Å². The van der Waals surface area contributed by atoms with E-state index in [0.717, 1.165) is 38.8 Å². The average Bonchev–Trinajstić information content (AvgIpc) is 3.01. The Morgan fingerprint density at radius 1 is 1.35 bits per heavy atom. The summed E-state index contributed by atoms with van der Waals surface area (Å²) >= 11 is 5.09. The zero-order valence-electron chi connectivity index (χ0n) is 10.7. The van der Waals surface area contributed by atoms with E-state index in [0.29, 0.717) is 5.82 Å². The molecule has 0 aliphatic carbocycles. The molecular formula is C13H11N3OS3. The summed E-state index contributed by atoms with van der Waals surface area (Å²) in [6.07, 6.45) is 0.973. The number of fused-ring (bicyclic) bond motifs is 3. The number of aryl methyl sites for hydroxylation is 2. The van der Waals surface area contributed by atoms with Gasteiger partial charge in [-0.15, -0.1) is 22.7 Å². The van der Waals surface area contributed by atoms with Crippen LogP contribution in [0.4, 0.5) is 0 Å². The number of thioether (sulfide) groups is 1. The minimum absolute atomic E-state index is 0.0257. The summed E-state index contributed by atoms with van der Waals surface area (Å²) in [5.41, 5.74) is 2.14. The van der Waals surface area contributed by atoms with E-state index < -0.39 is 0 Å². The van der Waals surface area contributed by atoms with Crippen LogP contribution in [0, 0.1) is 6.92 Å². The largest absolute Gasteiger partial charge is 0.304 e. The molecule has 4 nitrogen and oxygen atoms in total. The van der Waals surface area contributed by atoms with E-state index in [-0.39, 0.29) is 5.56 Å². The molecule has 0 spiro atoms. The fraction of sp³-hybridized carbons (Fsp3) is 0.308. The van der Waals surface area contributed by atoms with Gasteiger partial charge in [-0.25, -0.2) is 9.97 Å². The first-order valence-corrected chi connectivity index (χ1v) is 9.12. The summed E-state index contributed by atoms with van der Waals surface area (Å²) in [4.78, 5) is 26.5. The molecule has 102 valence electrons. The minimum atomic E-state index is -0.0257.